The molecule has 4 heterocycles. The highest BCUT2D eigenvalue weighted by molar-refractivity contribution is 9.10. The Hall–Kier alpha value is -3.44. The minimum Gasteiger partial charge on any atom is -0.474 e. The highest BCUT2D eigenvalue weighted by atomic mass is 79.9. The van der Waals surface area contributed by atoms with Crippen molar-refractivity contribution in [1.29, 1.82) is 0 Å². The number of carbonyl (C=O) groups is 2. The number of pyridine rings is 1. The quantitative estimate of drug-likeness (QED) is 0.430. The number of halogens is 1. The van der Waals surface area contributed by atoms with Gasteiger partial charge in [0.05, 0.1) is 11.0 Å². The highest BCUT2D eigenvalue weighted by Gasteiger charge is 2.25. The van der Waals surface area contributed by atoms with Gasteiger partial charge >= 0.3 is 0 Å². The van der Waals surface area contributed by atoms with E-state index >= 15 is 0 Å². The van der Waals surface area contributed by atoms with Crippen molar-refractivity contribution in [3.05, 3.63) is 69.9 Å². The molecule has 1 aromatic carbocycles. The first-order valence-electron chi connectivity index (χ1n) is 10.9. The molecule has 178 valence electrons. The van der Waals surface area contributed by atoms with E-state index in [0.29, 0.717) is 22.4 Å². The molecule has 0 aliphatic carbocycles. The second-order valence-corrected chi connectivity index (χ2v) is 9.79. The molecule has 0 spiro atoms. The van der Waals surface area contributed by atoms with Crippen LogP contribution < -0.4 is 19.7 Å². The Balaban J connectivity index is 1.16. The first kappa shape index (κ1) is 23.3. The third-order valence-corrected chi connectivity index (χ3v) is 6.70. The number of thioether (sulfide) groups is 1. The number of carbonyl (C=O) groups excluding carboxylic acids is 2. The molecule has 2 amide bonds. The lowest BCUT2D eigenvalue weighted by atomic mass is 10.1. The third-order valence-electron chi connectivity index (χ3n) is 5.42. The molecule has 11 heteroatoms. The summed E-state index contributed by atoms with van der Waals surface area (Å²) in [6, 6.07) is 12.8. The van der Waals surface area contributed by atoms with Gasteiger partial charge in [0, 0.05) is 36.6 Å². The number of anilines is 1. The van der Waals surface area contributed by atoms with Crippen LogP contribution in [0.4, 0.5) is 10.6 Å². The average Bonchev–Trinajstić information content (AvgIpc) is 3.18. The second-order valence-electron chi connectivity index (χ2n) is 7.86. The lowest BCUT2D eigenvalue weighted by Crippen LogP contribution is -2.38. The van der Waals surface area contributed by atoms with Crippen LogP contribution in [0.15, 0.2) is 64.4 Å². The Labute approximate surface area is 214 Å². The summed E-state index contributed by atoms with van der Waals surface area (Å²) in [7, 11) is 0. The second kappa shape index (κ2) is 10.4. The summed E-state index contributed by atoms with van der Waals surface area (Å²) >= 11 is 4.30. The topological polar surface area (TPSA) is 107 Å². The van der Waals surface area contributed by atoms with Gasteiger partial charge in [-0.1, -0.05) is 12.1 Å². The van der Waals surface area contributed by atoms with Gasteiger partial charge in [-0.15, -0.1) is 0 Å². The fourth-order valence-corrected chi connectivity index (χ4v) is 4.61. The number of rotatable bonds is 6. The molecular formula is C24H20BrN5O4S. The smallest absolute Gasteiger partial charge is 0.290 e. The number of benzene rings is 1. The molecule has 0 radical (unpaired) electrons. The summed E-state index contributed by atoms with van der Waals surface area (Å²) in [6.07, 6.45) is 6.64. The Kier molecular flexibility index (Phi) is 6.96. The highest BCUT2D eigenvalue weighted by Crippen LogP contribution is 2.28. The van der Waals surface area contributed by atoms with E-state index in [1.165, 1.54) is 6.33 Å². The number of hydrogen-bond acceptors (Lipinski definition) is 9. The molecule has 2 fully saturated rings. The van der Waals surface area contributed by atoms with E-state index in [1.807, 2.05) is 12.1 Å². The number of nitrogens with zero attached hydrogens (tertiary/aromatic N) is 4. The van der Waals surface area contributed by atoms with Crippen LogP contribution in [0.1, 0.15) is 18.4 Å². The van der Waals surface area contributed by atoms with E-state index in [0.717, 1.165) is 53.5 Å². The zero-order chi connectivity index (χ0) is 24.2. The van der Waals surface area contributed by atoms with Crippen LogP contribution in [0.25, 0.3) is 6.08 Å². The average molecular weight is 554 g/mol. The van der Waals surface area contributed by atoms with Gasteiger partial charge in [-0.05, 0) is 63.6 Å². The lowest BCUT2D eigenvalue weighted by Gasteiger charge is -2.32. The molecular weight excluding hydrogens is 534 g/mol. The Morgan fingerprint density at radius 2 is 1.80 bits per heavy atom. The molecule has 35 heavy (non-hydrogen) atoms. The van der Waals surface area contributed by atoms with Crippen molar-refractivity contribution in [3.63, 3.8) is 0 Å². The van der Waals surface area contributed by atoms with Gasteiger partial charge in [0.2, 0.25) is 11.8 Å². The molecule has 0 saturated carbocycles. The van der Waals surface area contributed by atoms with Crippen molar-refractivity contribution >= 4 is 50.7 Å². The largest absolute Gasteiger partial charge is 0.474 e. The molecule has 5 rings (SSSR count). The molecule has 3 aromatic rings. The van der Waals surface area contributed by atoms with Gasteiger partial charge < -0.3 is 14.4 Å². The minimum absolute atomic E-state index is 0.0503. The van der Waals surface area contributed by atoms with Crippen LogP contribution in [0.5, 0.6) is 17.5 Å². The summed E-state index contributed by atoms with van der Waals surface area (Å²) < 4.78 is 12.9. The molecule has 2 aliphatic heterocycles. The maximum absolute atomic E-state index is 11.7. The zero-order valence-electron chi connectivity index (χ0n) is 18.4. The maximum atomic E-state index is 11.7. The molecule has 0 unspecified atom stereocenters. The third kappa shape index (κ3) is 5.98. The summed E-state index contributed by atoms with van der Waals surface area (Å²) in [6.45, 7) is 1.70. The van der Waals surface area contributed by atoms with Crippen molar-refractivity contribution < 1.29 is 19.1 Å². The zero-order valence-corrected chi connectivity index (χ0v) is 20.8. The number of imide groups is 1. The van der Waals surface area contributed by atoms with E-state index in [4.69, 9.17) is 9.47 Å². The van der Waals surface area contributed by atoms with E-state index < -0.39 is 0 Å². The fourth-order valence-electron chi connectivity index (χ4n) is 3.70. The molecule has 0 bridgehead atoms. The van der Waals surface area contributed by atoms with Crippen molar-refractivity contribution in [2.75, 3.05) is 18.0 Å². The lowest BCUT2D eigenvalue weighted by molar-refractivity contribution is -0.115. The van der Waals surface area contributed by atoms with Crippen molar-refractivity contribution in [2.45, 2.75) is 18.9 Å². The standard InChI is InChI=1S/C24H20BrN5O4S/c25-16-3-6-20(26-13-16)30-9-7-18(8-10-30)34-22-12-21(27-14-28-22)33-17-4-1-15(2-5-17)11-19-23(31)29-24(32)35-19/h1-6,11-14,18H,7-10H2,(H,29,31,32)/b19-11+. The molecule has 2 aromatic heterocycles. The van der Waals surface area contributed by atoms with Crippen LogP contribution >= 0.6 is 27.7 Å². The van der Waals surface area contributed by atoms with Crippen molar-refractivity contribution in [3.8, 4) is 17.5 Å². The molecule has 9 nitrogen and oxygen atoms in total. The molecule has 1 N–H and O–H groups in total. The Morgan fingerprint density at radius 3 is 2.49 bits per heavy atom. The van der Waals surface area contributed by atoms with E-state index in [9.17, 15) is 9.59 Å². The van der Waals surface area contributed by atoms with Crippen LogP contribution in [-0.4, -0.2) is 45.3 Å². The summed E-state index contributed by atoms with van der Waals surface area (Å²) in [5.41, 5.74) is 0.779. The van der Waals surface area contributed by atoms with Gasteiger partial charge in [0.25, 0.3) is 11.1 Å². The number of hydrogen-bond donors (Lipinski definition) is 1. The molecule has 2 aliphatic rings. The summed E-state index contributed by atoms with van der Waals surface area (Å²) in [4.78, 5) is 38.4. The van der Waals surface area contributed by atoms with Gasteiger partial charge in [-0.3, -0.25) is 14.9 Å². The molecule has 0 atom stereocenters. The number of ether oxygens (including phenoxy) is 2. The van der Waals surface area contributed by atoms with Crippen LogP contribution in [-0.2, 0) is 4.79 Å². The van der Waals surface area contributed by atoms with Gasteiger partial charge in [-0.2, -0.15) is 0 Å². The SMILES string of the molecule is O=C1NC(=O)/C(=C\c2ccc(Oc3cc(OC4CCN(c5ccc(Br)cn5)CC4)ncn3)cc2)S1. The van der Waals surface area contributed by atoms with Gasteiger partial charge in [0.1, 0.15) is 24.0 Å². The Morgan fingerprint density at radius 1 is 1.03 bits per heavy atom. The number of amides is 2. The van der Waals surface area contributed by atoms with Crippen LogP contribution in [0.2, 0.25) is 0 Å². The van der Waals surface area contributed by atoms with E-state index in [2.05, 4.69) is 41.1 Å². The van der Waals surface area contributed by atoms with Crippen LogP contribution in [0.3, 0.4) is 0 Å². The number of aromatic nitrogens is 3. The predicted octanol–water partition coefficient (Wildman–Crippen LogP) is 4.80. The Bertz CT molecular complexity index is 1260. The monoisotopic (exact) mass is 553 g/mol. The van der Waals surface area contributed by atoms with Crippen molar-refractivity contribution in [1.82, 2.24) is 20.3 Å². The predicted molar refractivity (Wildman–Crippen MR) is 135 cm³/mol. The van der Waals surface area contributed by atoms with Gasteiger partial charge in [0.15, 0.2) is 0 Å². The summed E-state index contributed by atoms with van der Waals surface area (Å²) in [5, 5.41) is 1.87. The summed E-state index contributed by atoms with van der Waals surface area (Å²) in [5.74, 6) is 1.99. The first-order chi connectivity index (χ1) is 17.0. The van der Waals surface area contributed by atoms with Gasteiger partial charge in [-0.25, -0.2) is 15.0 Å². The fraction of sp³-hybridized carbons (Fsp3) is 0.208. The number of nitrogens with one attached hydrogen (secondary N) is 1. The molecule has 2 saturated heterocycles. The number of piperidine rings is 1. The maximum Gasteiger partial charge on any atom is 0.290 e. The normalized spacial score (nSPS) is 17.5. The van der Waals surface area contributed by atoms with Crippen molar-refractivity contribution in [2.24, 2.45) is 0 Å². The first-order valence-corrected chi connectivity index (χ1v) is 12.5. The minimum atomic E-state index is -0.385. The van der Waals surface area contributed by atoms with E-state index in [1.54, 1.807) is 42.6 Å². The van der Waals surface area contributed by atoms with E-state index in [-0.39, 0.29) is 17.3 Å². The van der Waals surface area contributed by atoms with Crippen LogP contribution in [0, 0.1) is 0 Å².